The summed E-state index contributed by atoms with van der Waals surface area (Å²) in [4.78, 5) is 12.1. The van der Waals surface area contributed by atoms with Gasteiger partial charge in [-0.1, -0.05) is 15.9 Å². The van der Waals surface area contributed by atoms with Crippen molar-refractivity contribution >= 4 is 33.3 Å². The van der Waals surface area contributed by atoms with E-state index in [9.17, 15) is 4.79 Å². The van der Waals surface area contributed by atoms with Gasteiger partial charge in [-0.25, -0.2) is 0 Å². The van der Waals surface area contributed by atoms with Crippen molar-refractivity contribution < 1.29 is 13.9 Å². The number of carbonyl (C=O) groups excluding carboxylic acids is 1. The predicted molar refractivity (Wildman–Crippen MR) is 72.4 cm³/mol. The van der Waals surface area contributed by atoms with Crippen LogP contribution in [-0.4, -0.2) is 12.9 Å². The molecule has 2 rings (SSSR count). The molecule has 0 aliphatic rings. The average molecular weight is 330 g/mol. The number of hydrogen-bond acceptors (Lipinski definition) is 3. The van der Waals surface area contributed by atoms with Gasteiger partial charge in [0.2, 0.25) is 5.22 Å². The van der Waals surface area contributed by atoms with Crippen LogP contribution in [0.15, 0.2) is 39.4 Å². The van der Waals surface area contributed by atoms with Crippen molar-refractivity contribution in [3.8, 4) is 5.75 Å². The number of ether oxygens (including phenoxy) is 1. The minimum atomic E-state index is -0.106. The van der Waals surface area contributed by atoms with Crippen molar-refractivity contribution in [3.05, 3.63) is 51.3 Å². The van der Waals surface area contributed by atoms with Crippen LogP contribution in [0.4, 0.5) is 0 Å². The molecule has 18 heavy (non-hydrogen) atoms. The first-order chi connectivity index (χ1) is 8.61. The second-order valence-electron chi connectivity index (χ2n) is 3.66. The summed E-state index contributed by atoms with van der Waals surface area (Å²) in [6.07, 6.45) is 1.61. The highest BCUT2D eigenvalue weighted by Crippen LogP contribution is 2.26. The van der Waals surface area contributed by atoms with Gasteiger partial charge in [0.05, 0.1) is 18.9 Å². The van der Waals surface area contributed by atoms with Crippen LogP contribution in [0, 0.1) is 0 Å². The highest BCUT2D eigenvalue weighted by atomic mass is 79.9. The minimum Gasteiger partial charge on any atom is -0.496 e. The zero-order valence-corrected chi connectivity index (χ0v) is 11.9. The fourth-order valence-electron chi connectivity index (χ4n) is 1.65. The van der Waals surface area contributed by atoms with Crippen LogP contribution in [0.2, 0.25) is 5.22 Å². The van der Waals surface area contributed by atoms with Crippen molar-refractivity contribution in [3.63, 3.8) is 0 Å². The van der Waals surface area contributed by atoms with Crippen molar-refractivity contribution in [1.82, 2.24) is 0 Å². The summed E-state index contributed by atoms with van der Waals surface area (Å²) in [5.41, 5.74) is 1.19. The van der Waals surface area contributed by atoms with E-state index in [0.717, 1.165) is 10.0 Å². The number of furan rings is 1. The molecule has 0 bridgehead atoms. The lowest BCUT2D eigenvalue weighted by Crippen LogP contribution is -2.04. The number of hydrogen-bond donors (Lipinski definition) is 0. The summed E-state index contributed by atoms with van der Waals surface area (Å²) in [5, 5.41) is 0.119. The maximum absolute atomic E-state index is 12.1. The van der Waals surface area contributed by atoms with Gasteiger partial charge in [-0.3, -0.25) is 4.79 Å². The Morgan fingerprint density at radius 1 is 1.44 bits per heavy atom. The molecule has 0 aliphatic heterocycles. The molecule has 0 amide bonds. The van der Waals surface area contributed by atoms with Crippen molar-refractivity contribution in [2.24, 2.45) is 0 Å². The predicted octanol–water partition coefficient (Wildman–Crippen LogP) is 4.13. The number of Topliss-reactive ketones (excluding diaryl/α,β-unsaturated/α-hetero) is 1. The van der Waals surface area contributed by atoms with Gasteiger partial charge in [0.15, 0.2) is 5.78 Å². The van der Waals surface area contributed by atoms with E-state index in [1.54, 1.807) is 13.2 Å². The molecule has 0 radical (unpaired) electrons. The second kappa shape index (κ2) is 5.59. The van der Waals surface area contributed by atoms with E-state index >= 15 is 0 Å². The number of benzene rings is 1. The highest BCUT2D eigenvalue weighted by molar-refractivity contribution is 9.10. The molecular formula is C13H10BrClO3. The summed E-state index contributed by atoms with van der Waals surface area (Å²) in [6.45, 7) is 0. The third kappa shape index (κ3) is 2.76. The van der Waals surface area contributed by atoms with Crippen LogP contribution in [0.1, 0.15) is 15.9 Å². The number of halogens is 2. The maximum Gasteiger partial charge on any atom is 0.203 e. The Balaban J connectivity index is 2.27. The highest BCUT2D eigenvalue weighted by Gasteiger charge is 2.16. The van der Waals surface area contributed by atoms with Crippen molar-refractivity contribution in [2.75, 3.05) is 7.11 Å². The second-order valence-corrected chi connectivity index (χ2v) is 4.92. The Kier molecular flexibility index (Phi) is 4.09. The number of carbonyl (C=O) groups is 1. The fourth-order valence-corrected chi connectivity index (χ4v) is 2.28. The van der Waals surface area contributed by atoms with Crippen LogP contribution in [0.5, 0.6) is 5.75 Å². The van der Waals surface area contributed by atoms with E-state index in [-0.39, 0.29) is 17.4 Å². The fraction of sp³-hybridized carbons (Fsp3) is 0.154. The van der Waals surface area contributed by atoms with E-state index in [1.165, 1.54) is 6.26 Å². The third-order valence-corrected chi connectivity index (χ3v) is 3.30. The van der Waals surface area contributed by atoms with E-state index in [4.69, 9.17) is 20.8 Å². The summed E-state index contributed by atoms with van der Waals surface area (Å²) < 4.78 is 11.0. The van der Waals surface area contributed by atoms with Gasteiger partial charge in [0.25, 0.3) is 0 Å². The number of rotatable bonds is 4. The van der Waals surface area contributed by atoms with E-state index < -0.39 is 0 Å². The van der Waals surface area contributed by atoms with Gasteiger partial charge in [0, 0.05) is 16.5 Å². The normalized spacial score (nSPS) is 10.4. The van der Waals surface area contributed by atoms with Gasteiger partial charge in [-0.05, 0) is 35.9 Å². The largest absolute Gasteiger partial charge is 0.496 e. The molecule has 94 valence electrons. The van der Waals surface area contributed by atoms with E-state index in [2.05, 4.69) is 15.9 Å². The Bertz CT molecular complexity index is 577. The summed E-state index contributed by atoms with van der Waals surface area (Å²) >= 11 is 9.15. The Morgan fingerprint density at radius 2 is 2.22 bits per heavy atom. The molecule has 5 heteroatoms. The van der Waals surface area contributed by atoms with Gasteiger partial charge < -0.3 is 9.15 Å². The molecule has 0 aliphatic carbocycles. The SMILES string of the molecule is COc1ccc(Br)cc1CC(=O)c1ccoc1Cl. The molecule has 0 atom stereocenters. The molecule has 0 saturated heterocycles. The first kappa shape index (κ1) is 13.2. The maximum atomic E-state index is 12.1. The zero-order valence-electron chi connectivity index (χ0n) is 9.57. The van der Waals surface area contributed by atoms with Gasteiger partial charge in [-0.15, -0.1) is 0 Å². The van der Waals surface area contributed by atoms with Gasteiger partial charge >= 0.3 is 0 Å². The smallest absolute Gasteiger partial charge is 0.203 e. The lowest BCUT2D eigenvalue weighted by atomic mass is 10.0. The summed E-state index contributed by atoms with van der Waals surface area (Å²) in [7, 11) is 1.57. The lowest BCUT2D eigenvalue weighted by Gasteiger charge is -2.07. The molecule has 1 aromatic carbocycles. The Hall–Kier alpha value is -1.26. The Morgan fingerprint density at radius 3 is 2.83 bits per heavy atom. The van der Waals surface area contributed by atoms with Gasteiger partial charge in [-0.2, -0.15) is 0 Å². The lowest BCUT2D eigenvalue weighted by molar-refractivity contribution is 0.0991. The molecule has 3 nitrogen and oxygen atoms in total. The van der Waals surface area contributed by atoms with Crippen LogP contribution in [0.25, 0.3) is 0 Å². The van der Waals surface area contributed by atoms with E-state index in [0.29, 0.717) is 11.3 Å². The molecule has 0 saturated carbocycles. The minimum absolute atomic E-state index is 0.106. The van der Waals surface area contributed by atoms with Crippen LogP contribution in [0.3, 0.4) is 0 Å². The molecular weight excluding hydrogens is 319 g/mol. The van der Waals surface area contributed by atoms with Gasteiger partial charge in [0.1, 0.15) is 5.75 Å². The zero-order chi connectivity index (χ0) is 13.1. The van der Waals surface area contributed by atoms with Crippen LogP contribution < -0.4 is 4.74 Å². The van der Waals surface area contributed by atoms with Crippen molar-refractivity contribution in [2.45, 2.75) is 6.42 Å². The molecule has 0 fully saturated rings. The topological polar surface area (TPSA) is 39.4 Å². The van der Waals surface area contributed by atoms with Crippen LogP contribution >= 0.6 is 27.5 Å². The average Bonchev–Trinajstić information content (AvgIpc) is 2.76. The first-order valence-electron chi connectivity index (χ1n) is 5.20. The van der Waals surface area contributed by atoms with Crippen LogP contribution in [-0.2, 0) is 6.42 Å². The molecule has 1 aromatic heterocycles. The third-order valence-electron chi connectivity index (χ3n) is 2.51. The number of methoxy groups -OCH3 is 1. The van der Waals surface area contributed by atoms with E-state index in [1.807, 2.05) is 18.2 Å². The molecule has 1 heterocycles. The number of ketones is 1. The Labute approximate surface area is 118 Å². The first-order valence-corrected chi connectivity index (χ1v) is 6.37. The summed E-state index contributed by atoms with van der Waals surface area (Å²) in [6, 6.07) is 7.08. The van der Waals surface area contributed by atoms with Crippen molar-refractivity contribution in [1.29, 1.82) is 0 Å². The quantitative estimate of drug-likeness (QED) is 0.792. The molecule has 0 spiro atoms. The standard InChI is InChI=1S/C13H10BrClO3/c1-17-12-3-2-9(14)6-8(12)7-11(16)10-4-5-18-13(10)15/h2-6H,7H2,1H3. The summed E-state index contributed by atoms with van der Waals surface area (Å²) in [5.74, 6) is 0.566. The monoisotopic (exact) mass is 328 g/mol. The molecule has 0 N–H and O–H groups in total. The molecule has 0 unspecified atom stereocenters. The molecule has 2 aromatic rings.